The zero-order valence-electron chi connectivity index (χ0n) is 14.2. The number of unbranched alkanes of at least 4 members (excludes halogenated alkanes) is 4. The fourth-order valence-corrected chi connectivity index (χ4v) is 2.25. The number of aromatic nitrogens is 2. The van der Waals surface area contributed by atoms with Crippen molar-refractivity contribution in [3.8, 4) is 11.4 Å². The van der Waals surface area contributed by atoms with Crippen LogP contribution in [0, 0.1) is 0 Å². The third-order valence-electron chi connectivity index (χ3n) is 3.56. The second-order valence-electron chi connectivity index (χ2n) is 5.56. The van der Waals surface area contributed by atoms with Crippen molar-refractivity contribution < 1.29 is 4.42 Å². The average molecular weight is 330 g/mol. The van der Waals surface area contributed by atoms with E-state index in [0.717, 1.165) is 12.1 Å². The van der Waals surface area contributed by atoms with Crippen molar-refractivity contribution >= 4 is 12.0 Å². The van der Waals surface area contributed by atoms with E-state index in [0.29, 0.717) is 36.5 Å². The molecule has 24 heavy (non-hydrogen) atoms. The van der Waals surface area contributed by atoms with E-state index in [1.807, 2.05) is 18.2 Å². The lowest BCUT2D eigenvalue weighted by atomic mass is 10.2. The van der Waals surface area contributed by atoms with Crippen molar-refractivity contribution in [1.82, 2.24) is 9.97 Å². The van der Waals surface area contributed by atoms with E-state index in [4.69, 9.17) is 15.9 Å². The highest BCUT2D eigenvalue weighted by molar-refractivity contribution is 5.90. The quantitative estimate of drug-likeness (QED) is 0.370. The van der Waals surface area contributed by atoms with Gasteiger partial charge in [-0.2, -0.15) is 4.98 Å². The van der Waals surface area contributed by atoms with Crippen molar-refractivity contribution in [2.45, 2.75) is 45.6 Å². The second kappa shape index (κ2) is 9.67. The number of hydrogen-bond acceptors (Lipinski definition) is 5. The maximum absolute atomic E-state index is 5.85. The molecule has 0 atom stereocenters. The van der Waals surface area contributed by atoms with Crippen LogP contribution >= 0.6 is 0 Å². The molecule has 5 N–H and O–H groups in total. The van der Waals surface area contributed by atoms with Gasteiger partial charge >= 0.3 is 6.01 Å². The van der Waals surface area contributed by atoms with Gasteiger partial charge < -0.3 is 15.9 Å². The van der Waals surface area contributed by atoms with Crippen molar-refractivity contribution in [3.63, 3.8) is 0 Å². The number of nitrogens with zero attached hydrogens (tertiary/aromatic N) is 3. The summed E-state index contributed by atoms with van der Waals surface area (Å²) in [5.41, 5.74) is 13.6. The zero-order chi connectivity index (χ0) is 17.2. The number of pyridine rings is 1. The van der Waals surface area contributed by atoms with Crippen LogP contribution in [0.2, 0.25) is 0 Å². The lowest BCUT2D eigenvalue weighted by Gasteiger charge is -2.01. The van der Waals surface area contributed by atoms with Crippen LogP contribution in [-0.2, 0) is 6.54 Å². The molecule has 0 unspecified atom stereocenters. The maximum atomic E-state index is 5.85. The third kappa shape index (κ3) is 5.66. The second-order valence-corrected chi connectivity index (χ2v) is 5.56. The van der Waals surface area contributed by atoms with Crippen LogP contribution in [0.25, 0.3) is 11.4 Å². The molecule has 0 aliphatic rings. The molecule has 0 aliphatic carbocycles. The Bertz CT molecular complexity index is 652. The van der Waals surface area contributed by atoms with Gasteiger partial charge in [-0.1, -0.05) is 38.7 Å². The molecule has 2 aromatic heterocycles. The first-order valence-corrected chi connectivity index (χ1v) is 8.41. The minimum Gasteiger partial charge on any atom is -0.431 e. The van der Waals surface area contributed by atoms with Crippen LogP contribution in [0.4, 0.5) is 6.01 Å². The molecule has 0 bridgehead atoms. The molecule has 0 saturated heterocycles. The normalized spacial score (nSPS) is 11.7. The monoisotopic (exact) mass is 330 g/mol. The SMILES string of the molecule is CCCCCCCN=C(N)Nc1nc(-c2cccc(CN)n2)co1. The van der Waals surface area contributed by atoms with Gasteiger partial charge in [-0.05, 0) is 18.6 Å². The van der Waals surface area contributed by atoms with Crippen LogP contribution in [0.3, 0.4) is 0 Å². The molecule has 0 aromatic carbocycles. The number of guanidine groups is 1. The number of rotatable bonds is 9. The third-order valence-corrected chi connectivity index (χ3v) is 3.56. The number of anilines is 1. The average Bonchev–Trinajstić information content (AvgIpc) is 3.06. The first kappa shape index (κ1) is 17.9. The summed E-state index contributed by atoms with van der Waals surface area (Å²) in [6.07, 6.45) is 7.50. The topological polar surface area (TPSA) is 115 Å². The summed E-state index contributed by atoms with van der Waals surface area (Å²) in [5, 5.41) is 2.86. The van der Waals surface area contributed by atoms with E-state index in [1.54, 1.807) is 0 Å². The molecule has 0 aliphatic heterocycles. The molecule has 0 fully saturated rings. The number of nitrogens with one attached hydrogen (secondary N) is 1. The van der Waals surface area contributed by atoms with Crippen molar-refractivity contribution in [1.29, 1.82) is 0 Å². The number of oxazole rings is 1. The van der Waals surface area contributed by atoms with Crippen molar-refractivity contribution in [2.75, 3.05) is 11.9 Å². The Labute approximate surface area is 142 Å². The van der Waals surface area contributed by atoms with Crippen molar-refractivity contribution in [2.24, 2.45) is 16.5 Å². The number of aliphatic imine (C=N–C) groups is 1. The first-order chi connectivity index (χ1) is 11.7. The van der Waals surface area contributed by atoms with E-state index < -0.39 is 0 Å². The predicted octanol–water partition coefficient (Wildman–Crippen LogP) is 2.89. The zero-order valence-corrected chi connectivity index (χ0v) is 14.2. The van der Waals surface area contributed by atoms with Crippen LogP contribution in [0.1, 0.15) is 44.7 Å². The van der Waals surface area contributed by atoms with Gasteiger partial charge in [-0.25, -0.2) is 4.98 Å². The fraction of sp³-hybridized carbons (Fsp3) is 0.471. The molecule has 2 rings (SSSR count). The Morgan fingerprint density at radius 1 is 1.17 bits per heavy atom. The van der Waals surface area contributed by atoms with Gasteiger partial charge in [0.25, 0.3) is 0 Å². The van der Waals surface area contributed by atoms with Crippen LogP contribution in [-0.4, -0.2) is 22.5 Å². The van der Waals surface area contributed by atoms with E-state index in [-0.39, 0.29) is 0 Å². The minimum atomic E-state index is 0.303. The highest BCUT2D eigenvalue weighted by atomic mass is 16.4. The van der Waals surface area contributed by atoms with E-state index in [9.17, 15) is 0 Å². The van der Waals surface area contributed by atoms with Gasteiger partial charge in [-0.15, -0.1) is 0 Å². The largest absolute Gasteiger partial charge is 0.431 e. The lowest BCUT2D eigenvalue weighted by molar-refractivity contribution is 0.579. The van der Waals surface area contributed by atoms with Crippen LogP contribution < -0.4 is 16.8 Å². The molecule has 130 valence electrons. The summed E-state index contributed by atoms with van der Waals surface area (Å²) in [4.78, 5) is 13.0. The number of nitrogens with two attached hydrogens (primary N) is 2. The van der Waals surface area contributed by atoms with Crippen molar-refractivity contribution in [3.05, 3.63) is 30.2 Å². The van der Waals surface area contributed by atoms with Crippen LogP contribution in [0.5, 0.6) is 0 Å². The summed E-state index contributed by atoms with van der Waals surface area (Å²) < 4.78 is 5.37. The molecule has 0 saturated carbocycles. The van der Waals surface area contributed by atoms with E-state index in [2.05, 4.69) is 27.2 Å². The summed E-state index contributed by atoms with van der Waals surface area (Å²) in [6, 6.07) is 5.92. The van der Waals surface area contributed by atoms with Gasteiger partial charge in [0.2, 0.25) is 0 Å². The summed E-state index contributed by atoms with van der Waals surface area (Å²) in [5.74, 6) is 0.308. The summed E-state index contributed by atoms with van der Waals surface area (Å²) >= 11 is 0. The van der Waals surface area contributed by atoms with Gasteiger partial charge in [0.05, 0.1) is 11.4 Å². The fourth-order valence-electron chi connectivity index (χ4n) is 2.25. The maximum Gasteiger partial charge on any atom is 0.302 e. The Morgan fingerprint density at radius 3 is 2.79 bits per heavy atom. The predicted molar refractivity (Wildman–Crippen MR) is 96.5 cm³/mol. The highest BCUT2D eigenvalue weighted by Gasteiger charge is 2.08. The molecular weight excluding hydrogens is 304 g/mol. The number of hydrogen-bond donors (Lipinski definition) is 3. The Morgan fingerprint density at radius 2 is 2.00 bits per heavy atom. The molecule has 2 heterocycles. The summed E-state index contributed by atoms with van der Waals surface area (Å²) in [6.45, 7) is 3.29. The Kier molecular flexibility index (Phi) is 7.22. The Balaban J connectivity index is 1.86. The van der Waals surface area contributed by atoms with Gasteiger partial charge in [0.15, 0.2) is 5.96 Å². The Hall–Kier alpha value is -2.41. The van der Waals surface area contributed by atoms with E-state index >= 15 is 0 Å². The van der Waals surface area contributed by atoms with Gasteiger partial charge in [-0.3, -0.25) is 10.3 Å². The van der Waals surface area contributed by atoms with Crippen LogP contribution in [0.15, 0.2) is 33.9 Å². The van der Waals surface area contributed by atoms with Gasteiger partial charge in [0, 0.05) is 13.1 Å². The lowest BCUT2D eigenvalue weighted by Crippen LogP contribution is -2.23. The highest BCUT2D eigenvalue weighted by Crippen LogP contribution is 2.18. The summed E-state index contributed by atoms with van der Waals surface area (Å²) in [7, 11) is 0. The molecule has 2 aromatic rings. The minimum absolute atomic E-state index is 0.303. The molecular formula is C17H26N6O. The smallest absolute Gasteiger partial charge is 0.302 e. The molecule has 7 nitrogen and oxygen atoms in total. The molecule has 0 radical (unpaired) electrons. The first-order valence-electron chi connectivity index (χ1n) is 8.41. The molecule has 0 spiro atoms. The molecule has 0 amide bonds. The standard InChI is InChI=1S/C17H26N6O/c1-2-3-4-5-6-10-20-16(19)23-17-22-15(12-24-17)14-9-7-8-13(11-18)21-14/h7-9,12H,2-6,10-11,18H2,1H3,(H3,19,20,22,23). The van der Waals surface area contributed by atoms with Gasteiger partial charge in [0.1, 0.15) is 12.0 Å². The molecule has 7 heteroatoms. The van der Waals surface area contributed by atoms with E-state index in [1.165, 1.54) is 31.9 Å².